The van der Waals surface area contributed by atoms with Crippen molar-refractivity contribution in [1.82, 2.24) is 4.98 Å². The van der Waals surface area contributed by atoms with E-state index in [9.17, 15) is 4.79 Å². The molecule has 1 rings (SSSR count). The number of halogens is 1. The van der Waals surface area contributed by atoms with Crippen LogP contribution in [0.5, 0.6) is 0 Å². The Bertz CT molecular complexity index is 342. The number of esters is 1. The molecule has 5 heteroatoms. The third-order valence-corrected chi connectivity index (χ3v) is 2.23. The van der Waals surface area contributed by atoms with Gasteiger partial charge in [0.15, 0.2) is 0 Å². The molecule has 0 atom stereocenters. The fraction of sp³-hybridized carbons (Fsp3) is 0.333. The number of ether oxygens (including phenoxy) is 1. The normalized spacial score (nSPS) is 9.86. The highest BCUT2D eigenvalue weighted by Crippen LogP contribution is 2.18. The Labute approximate surface area is 90.6 Å². The molecule has 1 aromatic rings. The Morgan fingerprint density at radius 2 is 2.43 bits per heavy atom. The van der Waals surface area contributed by atoms with Crippen LogP contribution in [0.3, 0.4) is 0 Å². The van der Waals surface area contributed by atoms with Crippen LogP contribution in [0.4, 0.5) is 5.69 Å². The van der Waals surface area contributed by atoms with Gasteiger partial charge in [0.2, 0.25) is 0 Å². The molecule has 1 heterocycles. The Morgan fingerprint density at radius 3 is 3.00 bits per heavy atom. The SMILES string of the molecule is CCOC(=O)Cc1cc(N)c(Br)cn1. The number of aromatic nitrogens is 1. The van der Waals surface area contributed by atoms with Crippen molar-refractivity contribution in [1.29, 1.82) is 0 Å². The summed E-state index contributed by atoms with van der Waals surface area (Å²) >= 11 is 3.22. The van der Waals surface area contributed by atoms with Crippen LogP contribution in [0.25, 0.3) is 0 Å². The molecule has 4 nitrogen and oxygen atoms in total. The van der Waals surface area contributed by atoms with Crippen LogP contribution in [0.15, 0.2) is 16.7 Å². The quantitative estimate of drug-likeness (QED) is 0.836. The summed E-state index contributed by atoms with van der Waals surface area (Å²) < 4.78 is 5.51. The Kier molecular flexibility index (Phi) is 3.88. The lowest BCUT2D eigenvalue weighted by Crippen LogP contribution is -2.09. The van der Waals surface area contributed by atoms with E-state index in [0.717, 1.165) is 4.47 Å². The first-order chi connectivity index (χ1) is 6.63. The average molecular weight is 259 g/mol. The van der Waals surface area contributed by atoms with Crippen molar-refractivity contribution in [2.24, 2.45) is 0 Å². The molecule has 0 spiro atoms. The van der Waals surface area contributed by atoms with E-state index >= 15 is 0 Å². The number of nitrogen functional groups attached to an aromatic ring is 1. The number of rotatable bonds is 3. The van der Waals surface area contributed by atoms with E-state index in [1.54, 1.807) is 19.2 Å². The number of hydrogen-bond acceptors (Lipinski definition) is 4. The second-order valence-corrected chi connectivity index (χ2v) is 3.53. The zero-order valence-electron chi connectivity index (χ0n) is 7.79. The van der Waals surface area contributed by atoms with Crippen molar-refractivity contribution in [3.8, 4) is 0 Å². The van der Waals surface area contributed by atoms with Gasteiger partial charge in [-0.05, 0) is 28.9 Å². The highest BCUT2D eigenvalue weighted by Gasteiger charge is 2.06. The minimum atomic E-state index is -0.290. The minimum Gasteiger partial charge on any atom is -0.466 e. The number of hydrogen-bond donors (Lipinski definition) is 1. The lowest BCUT2D eigenvalue weighted by Gasteiger charge is -2.03. The third-order valence-electron chi connectivity index (χ3n) is 1.57. The summed E-state index contributed by atoms with van der Waals surface area (Å²) in [5, 5.41) is 0. The summed E-state index contributed by atoms with van der Waals surface area (Å²) in [6.45, 7) is 2.14. The summed E-state index contributed by atoms with van der Waals surface area (Å²) in [5.41, 5.74) is 6.82. The third kappa shape index (κ3) is 2.99. The predicted molar refractivity (Wildman–Crippen MR) is 56.7 cm³/mol. The maximum absolute atomic E-state index is 11.1. The molecule has 0 aliphatic carbocycles. The van der Waals surface area contributed by atoms with Gasteiger partial charge in [0.1, 0.15) is 0 Å². The van der Waals surface area contributed by atoms with E-state index in [4.69, 9.17) is 10.5 Å². The van der Waals surface area contributed by atoms with Gasteiger partial charge < -0.3 is 10.5 Å². The van der Waals surface area contributed by atoms with Gasteiger partial charge in [-0.3, -0.25) is 9.78 Å². The molecule has 0 unspecified atom stereocenters. The highest BCUT2D eigenvalue weighted by molar-refractivity contribution is 9.10. The van der Waals surface area contributed by atoms with Crippen LogP contribution in [0.2, 0.25) is 0 Å². The van der Waals surface area contributed by atoms with Gasteiger partial charge >= 0.3 is 5.97 Å². The lowest BCUT2D eigenvalue weighted by atomic mass is 10.2. The molecule has 2 N–H and O–H groups in total. The molecule has 0 aromatic carbocycles. The fourth-order valence-corrected chi connectivity index (χ4v) is 1.17. The van der Waals surface area contributed by atoms with Gasteiger partial charge in [-0.1, -0.05) is 0 Å². The van der Waals surface area contributed by atoms with Crippen LogP contribution in [0, 0.1) is 0 Å². The Balaban J connectivity index is 2.68. The van der Waals surface area contributed by atoms with E-state index < -0.39 is 0 Å². The molecule has 0 saturated carbocycles. The first-order valence-electron chi connectivity index (χ1n) is 4.19. The zero-order chi connectivity index (χ0) is 10.6. The second-order valence-electron chi connectivity index (χ2n) is 2.68. The zero-order valence-corrected chi connectivity index (χ0v) is 9.37. The van der Waals surface area contributed by atoms with E-state index in [2.05, 4.69) is 20.9 Å². The number of carbonyl (C=O) groups is 1. The van der Waals surface area contributed by atoms with Crippen molar-refractivity contribution in [3.63, 3.8) is 0 Å². The lowest BCUT2D eigenvalue weighted by molar-refractivity contribution is -0.142. The van der Waals surface area contributed by atoms with Crippen LogP contribution in [-0.4, -0.2) is 17.6 Å². The Morgan fingerprint density at radius 1 is 1.71 bits per heavy atom. The topological polar surface area (TPSA) is 65.2 Å². The average Bonchev–Trinajstić information content (AvgIpc) is 2.12. The van der Waals surface area contributed by atoms with Gasteiger partial charge in [-0.15, -0.1) is 0 Å². The first kappa shape index (κ1) is 11.0. The molecule has 1 aromatic heterocycles. The van der Waals surface area contributed by atoms with Crippen LogP contribution in [-0.2, 0) is 16.0 Å². The van der Waals surface area contributed by atoms with Gasteiger partial charge in [0.05, 0.1) is 23.2 Å². The molecule has 0 radical (unpaired) electrons. The van der Waals surface area contributed by atoms with E-state index in [0.29, 0.717) is 18.0 Å². The van der Waals surface area contributed by atoms with Crippen LogP contribution >= 0.6 is 15.9 Å². The molecule has 0 bridgehead atoms. The summed E-state index contributed by atoms with van der Waals surface area (Å²) in [5.74, 6) is -0.290. The van der Waals surface area contributed by atoms with Gasteiger partial charge in [-0.25, -0.2) is 0 Å². The van der Waals surface area contributed by atoms with E-state index in [1.165, 1.54) is 0 Å². The maximum Gasteiger partial charge on any atom is 0.311 e. The first-order valence-corrected chi connectivity index (χ1v) is 4.98. The molecule has 0 amide bonds. The van der Waals surface area contributed by atoms with E-state index in [-0.39, 0.29) is 12.4 Å². The molecule has 0 aliphatic rings. The van der Waals surface area contributed by atoms with Crippen molar-refractivity contribution in [2.75, 3.05) is 12.3 Å². The maximum atomic E-state index is 11.1. The van der Waals surface area contributed by atoms with Crippen LogP contribution < -0.4 is 5.73 Å². The predicted octanol–water partition coefficient (Wildman–Crippen LogP) is 1.53. The molecule has 0 aliphatic heterocycles. The van der Waals surface area contributed by atoms with Gasteiger partial charge in [0, 0.05) is 11.9 Å². The summed E-state index contributed by atoms with van der Waals surface area (Å²) in [4.78, 5) is 15.1. The van der Waals surface area contributed by atoms with Crippen molar-refractivity contribution < 1.29 is 9.53 Å². The Hall–Kier alpha value is -1.10. The standard InChI is InChI=1S/C9H11BrN2O2/c1-2-14-9(13)4-6-3-8(11)7(10)5-12-6/h3,5H,2,4H2,1H3,(H2,11,12). The number of pyridine rings is 1. The molecule has 14 heavy (non-hydrogen) atoms. The van der Waals surface area contributed by atoms with Crippen molar-refractivity contribution in [2.45, 2.75) is 13.3 Å². The van der Waals surface area contributed by atoms with Gasteiger partial charge in [0.25, 0.3) is 0 Å². The second kappa shape index (κ2) is 4.95. The number of anilines is 1. The molecular formula is C9H11BrN2O2. The number of nitrogens with two attached hydrogens (primary N) is 1. The van der Waals surface area contributed by atoms with E-state index in [1.807, 2.05) is 0 Å². The minimum absolute atomic E-state index is 0.158. The number of nitrogens with zero attached hydrogens (tertiary/aromatic N) is 1. The fourth-order valence-electron chi connectivity index (χ4n) is 0.956. The van der Waals surface area contributed by atoms with Gasteiger partial charge in [-0.2, -0.15) is 0 Å². The number of carbonyl (C=O) groups excluding carboxylic acids is 1. The molecule has 76 valence electrons. The largest absolute Gasteiger partial charge is 0.466 e. The summed E-state index contributed by atoms with van der Waals surface area (Å²) in [6.07, 6.45) is 1.73. The molecular weight excluding hydrogens is 248 g/mol. The van der Waals surface area contributed by atoms with Crippen molar-refractivity contribution in [3.05, 3.63) is 22.4 Å². The van der Waals surface area contributed by atoms with Crippen molar-refractivity contribution >= 4 is 27.6 Å². The summed E-state index contributed by atoms with van der Waals surface area (Å²) in [7, 11) is 0. The highest BCUT2D eigenvalue weighted by atomic mass is 79.9. The monoisotopic (exact) mass is 258 g/mol. The van der Waals surface area contributed by atoms with Crippen LogP contribution in [0.1, 0.15) is 12.6 Å². The molecule has 0 saturated heterocycles. The summed E-state index contributed by atoms with van der Waals surface area (Å²) in [6, 6.07) is 1.65. The molecule has 0 fully saturated rings. The smallest absolute Gasteiger partial charge is 0.311 e.